The van der Waals surface area contributed by atoms with Crippen LogP contribution in [-0.4, -0.2) is 38.8 Å². The quantitative estimate of drug-likeness (QED) is 0.828. The number of nitrogens with two attached hydrogens (primary N) is 1. The van der Waals surface area contributed by atoms with Gasteiger partial charge in [-0.25, -0.2) is 15.0 Å². The number of nitrogens with zero attached hydrogens (tertiary/aromatic N) is 4. The minimum atomic E-state index is 0.0432. The number of rotatable bonds is 7. The molecule has 0 saturated carbocycles. The second kappa shape index (κ2) is 6.62. The van der Waals surface area contributed by atoms with E-state index in [2.05, 4.69) is 28.8 Å². The summed E-state index contributed by atoms with van der Waals surface area (Å²) in [5, 5.41) is 0. The average Bonchev–Trinajstić information content (AvgIpc) is 2.88. The summed E-state index contributed by atoms with van der Waals surface area (Å²) in [7, 11) is 1.71. The Labute approximate surface area is 118 Å². The molecule has 2 rings (SSSR count). The van der Waals surface area contributed by atoms with Crippen molar-refractivity contribution in [2.45, 2.75) is 45.6 Å². The van der Waals surface area contributed by atoms with E-state index in [1.54, 1.807) is 13.4 Å². The lowest BCUT2D eigenvalue weighted by molar-refractivity contribution is -0.0813. The molecule has 0 unspecified atom stereocenters. The van der Waals surface area contributed by atoms with E-state index in [4.69, 9.17) is 15.2 Å². The summed E-state index contributed by atoms with van der Waals surface area (Å²) in [4.78, 5) is 12.3. The van der Waals surface area contributed by atoms with Crippen LogP contribution in [0.25, 0.3) is 11.2 Å². The lowest BCUT2D eigenvalue weighted by Gasteiger charge is -2.24. The molecule has 7 nitrogen and oxygen atoms in total. The number of anilines is 1. The first kappa shape index (κ1) is 14.7. The molecule has 2 N–H and O–H groups in total. The first-order valence-corrected chi connectivity index (χ1v) is 6.76. The average molecular weight is 279 g/mol. The second-order valence-corrected chi connectivity index (χ2v) is 4.57. The van der Waals surface area contributed by atoms with Crippen LogP contribution in [0.5, 0.6) is 0 Å². The summed E-state index contributed by atoms with van der Waals surface area (Å²) in [5.74, 6) is 0.379. The molecule has 2 heterocycles. The number of imidazole rings is 1. The van der Waals surface area contributed by atoms with E-state index in [1.807, 2.05) is 4.57 Å². The summed E-state index contributed by atoms with van der Waals surface area (Å²) < 4.78 is 13.2. The van der Waals surface area contributed by atoms with Gasteiger partial charge >= 0.3 is 0 Å². The zero-order chi connectivity index (χ0) is 14.5. The number of ether oxygens (including phenoxy) is 2. The van der Waals surface area contributed by atoms with Gasteiger partial charge in [-0.05, 0) is 12.8 Å². The SMILES string of the molecule is CC[C@@H](OC)[C@@H](CC)OCn1cnc2c(N)ncnc21. The fraction of sp³-hybridized carbons (Fsp3) is 0.615. The van der Waals surface area contributed by atoms with Gasteiger partial charge in [-0.1, -0.05) is 13.8 Å². The predicted molar refractivity (Wildman–Crippen MR) is 76.0 cm³/mol. The maximum atomic E-state index is 5.92. The maximum absolute atomic E-state index is 5.92. The lowest BCUT2D eigenvalue weighted by Crippen LogP contribution is -2.30. The van der Waals surface area contributed by atoms with Crippen molar-refractivity contribution in [2.24, 2.45) is 0 Å². The second-order valence-electron chi connectivity index (χ2n) is 4.57. The molecular formula is C13H21N5O2. The zero-order valence-electron chi connectivity index (χ0n) is 12.1. The molecule has 0 radical (unpaired) electrons. The predicted octanol–water partition coefficient (Wildman–Crippen LogP) is 1.59. The fourth-order valence-electron chi connectivity index (χ4n) is 2.24. The van der Waals surface area contributed by atoms with Gasteiger partial charge in [0.15, 0.2) is 11.5 Å². The van der Waals surface area contributed by atoms with Crippen molar-refractivity contribution in [1.82, 2.24) is 19.5 Å². The summed E-state index contributed by atoms with van der Waals surface area (Å²) in [6.07, 6.45) is 5.02. The molecule has 0 aliphatic heterocycles. The van der Waals surface area contributed by atoms with Gasteiger partial charge in [0.2, 0.25) is 0 Å². The first-order valence-electron chi connectivity index (χ1n) is 6.76. The Balaban J connectivity index is 2.10. The van der Waals surface area contributed by atoms with E-state index in [0.29, 0.717) is 23.7 Å². The third-order valence-corrected chi connectivity index (χ3v) is 3.38. The molecule has 2 aromatic heterocycles. The van der Waals surface area contributed by atoms with Crippen molar-refractivity contribution in [1.29, 1.82) is 0 Å². The first-order chi connectivity index (χ1) is 9.71. The van der Waals surface area contributed by atoms with Crippen LogP contribution < -0.4 is 5.73 Å². The molecule has 0 spiro atoms. The van der Waals surface area contributed by atoms with Crippen LogP contribution in [0, 0.1) is 0 Å². The van der Waals surface area contributed by atoms with Crippen LogP contribution in [0.3, 0.4) is 0 Å². The van der Waals surface area contributed by atoms with Gasteiger partial charge < -0.3 is 15.2 Å². The third-order valence-electron chi connectivity index (χ3n) is 3.38. The normalized spacial score (nSPS) is 14.6. The standard InChI is InChI=1S/C13H21N5O2/c1-4-9(19-3)10(5-2)20-8-18-7-17-11-12(14)15-6-16-13(11)18/h6-7,9-10H,4-5,8H2,1-3H3,(H2,14,15,16)/t9-,10-/m1/s1. The molecule has 2 aromatic rings. The highest BCUT2D eigenvalue weighted by Crippen LogP contribution is 2.16. The van der Waals surface area contributed by atoms with E-state index in [0.717, 1.165) is 12.8 Å². The maximum Gasteiger partial charge on any atom is 0.167 e. The van der Waals surface area contributed by atoms with Gasteiger partial charge in [-0.2, -0.15) is 0 Å². The highest BCUT2D eigenvalue weighted by Gasteiger charge is 2.19. The molecule has 0 aliphatic rings. The Morgan fingerprint density at radius 2 is 1.95 bits per heavy atom. The number of fused-ring (bicyclic) bond motifs is 1. The molecule has 0 saturated heterocycles. The molecule has 7 heteroatoms. The van der Waals surface area contributed by atoms with Gasteiger partial charge in [0, 0.05) is 7.11 Å². The number of nitrogen functional groups attached to an aromatic ring is 1. The monoisotopic (exact) mass is 279 g/mol. The van der Waals surface area contributed by atoms with E-state index in [1.165, 1.54) is 6.33 Å². The van der Waals surface area contributed by atoms with Crippen molar-refractivity contribution < 1.29 is 9.47 Å². The van der Waals surface area contributed by atoms with Gasteiger partial charge in [0.1, 0.15) is 18.6 Å². The molecule has 0 amide bonds. The Kier molecular flexibility index (Phi) is 4.86. The van der Waals surface area contributed by atoms with Crippen molar-refractivity contribution in [3.63, 3.8) is 0 Å². The van der Waals surface area contributed by atoms with Crippen LogP contribution in [0.1, 0.15) is 26.7 Å². The van der Waals surface area contributed by atoms with Crippen molar-refractivity contribution in [3.8, 4) is 0 Å². The molecule has 20 heavy (non-hydrogen) atoms. The van der Waals surface area contributed by atoms with Crippen LogP contribution >= 0.6 is 0 Å². The molecule has 0 bridgehead atoms. The van der Waals surface area contributed by atoms with Gasteiger partial charge in [0.25, 0.3) is 0 Å². The molecule has 0 fully saturated rings. The van der Waals surface area contributed by atoms with Crippen LogP contribution in [0.4, 0.5) is 5.82 Å². The number of aromatic nitrogens is 4. The van der Waals surface area contributed by atoms with E-state index in [9.17, 15) is 0 Å². The van der Waals surface area contributed by atoms with Gasteiger partial charge in [0.05, 0.1) is 18.5 Å². The third kappa shape index (κ3) is 2.88. The lowest BCUT2D eigenvalue weighted by atomic mass is 10.1. The highest BCUT2D eigenvalue weighted by molar-refractivity contribution is 5.80. The summed E-state index contributed by atoms with van der Waals surface area (Å²) in [6, 6.07) is 0. The fourth-order valence-corrected chi connectivity index (χ4v) is 2.24. The molecule has 2 atom stereocenters. The summed E-state index contributed by atoms with van der Waals surface area (Å²) >= 11 is 0. The van der Waals surface area contributed by atoms with Crippen molar-refractivity contribution in [2.75, 3.05) is 12.8 Å². The minimum Gasteiger partial charge on any atom is -0.382 e. The molecular weight excluding hydrogens is 258 g/mol. The van der Waals surface area contributed by atoms with Gasteiger partial charge in [-0.15, -0.1) is 0 Å². The van der Waals surface area contributed by atoms with Crippen LogP contribution in [0.2, 0.25) is 0 Å². The Hall–Kier alpha value is -1.73. The Morgan fingerprint density at radius 3 is 2.60 bits per heavy atom. The molecule has 0 aliphatic carbocycles. The Morgan fingerprint density at radius 1 is 1.20 bits per heavy atom. The van der Waals surface area contributed by atoms with E-state index < -0.39 is 0 Å². The zero-order valence-corrected chi connectivity index (χ0v) is 12.1. The minimum absolute atomic E-state index is 0.0432. The molecule has 0 aromatic carbocycles. The summed E-state index contributed by atoms with van der Waals surface area (Å²) in [6.45, 7) is 4.53. The van der Waals surface area contributed by atoms with Crippen LogP contribution in [-0.2, 0) is 16.2 Å². The van der Waals surface area contributed by atoms with E-state index in [-0.39, 0.29) is 12.2 Å². The number of hydrogen-bond acceptors (Lipinski definition) is 6. The smallest absolute Gasteiger partial charge is 0.167 e. The summed E-state index contributed by atoms with van der Waals surface area (Å²) in [5.41, 5.74) is 7.03. The van der Waals surface area contributed by atoms with Gasteiger partial charge in [-0.3, -0.25) is 4.57 Å². The largest absolute Gasteiger partial charge is 0.382 e. The number of methoxy groups -OCH3 is 1. The van der Waals surface area contributed by atoms with Crippen LogP contribution in [0.15, 0.2) is 12.7 Å². The van der Waals surface area contributed by atoms with Crippen molar-refractivity contribution >= 4 is 17.0 Å². The number of hydrogen-bond donors (Lipinski definition) is 1. The molecule has 110 valence electrons. The Bertz CT molecular complexity index is 553. The van der Waals surface area contributed by atoms with Crippen molar-refractivity contribution in [3.05, 3.63) is 12.7 Å². The highest BCUT2D eigenvalue weighted by atomic mass is 16.5. The van der Waals surface area contributed by atoms with E-state index >= 15 is 0 Å². The topological polar surface area (TPSA) is 88.1 Å².